The lowest BCUT2D eigenvalue weighted by Crippen LogP contribution is -2.42. The summed E-state index contributed by atoms with van der Waals surface area (Å²) in [6, 6.07) is 7.16. The van der Waals surface area contributed by atoms with Crippen LogP contribution in [0.15, 0.2) is 24.3 Å². The molecule has 0 heterocycles. The number of ether oxygens (including phenoxy) is 1. The molecule has 2 fully saturated rings. The first-order chi connectivity index (χ1) is 12.5. The van der Waals surface area contributed by atoms with Crippen molar-refractivity contribution < 1.29 is 14.3 Å². The second-order valence-electron chi connectivity index (χ2n) is 7.31. The molecular weight excluding hydrogens is 330 g/mol. The van der Waals surface area contributed by atoms with Crippen molar-refractivity contribution in [2.45, 2.75) is 39.2 Å². The molecule has 3 N–H and O–H groups in total. The number of hydrogen-bond donors (Lipinski definition) is 2. The van der Waals surface area contributed by atoms with Crippen molar-refractivity contribution in [1.82, 2.24) is 4.90 Å². The molecule has 0 aromatic heterocycles. The average Bonchev–Trinajstić information content (AvgIpc) is 3.22. The Balaban J connectivity index is 1.57. The van der Waals surface area contributed by atoms with Gasteiger partial charge in [0.15, 0.2) is 6.61 Å². The van der Waals surface area contributed by atoms with E-state index in [4.69, 9.17) is 10.5 Å². The second kappa shape index (κ2) is 8.08. The van der Waals surface area contributed by atoms with Crippen molar-refractivity contribution in [2.75, 3.05) is 25.0 Å². The minimum atomic E-state index is -0.0948. The summed E-state index contributed by atoms with van der Waals surface area (Å²) in [5, 5.41) is 2.98. The Kier molecular flexibility index (Phi) is 5.81. The van der Waals surface area contributed by atoms with E-state index in [-0.39, 0.29) is 30.4 Å². The summed E-state index contributed by atoms with van der Waals surface area (Å²) >= 11 is 0. The minimum Gasteiger partial charge on any atom is -0.484 e. The van der Waals surface area contributed by atoms with Crippen molar-refractivity contribution in [2.24, 2.45) is 23.5 Å². The van der Waals surface area contributed by atoms with Crippen molar-refractivity contribution in [3.05, 3.63) is 24.3 Å². The zero-order valence-corrected chi connectivity index (χ0v) is 15.6. The van der Waals surface area contributed by atoms with Gasteiger partial charge in [-0.05, 0) is 57.1 Å². The quantitative estimate of drug-likeness (QED) is 0.782. The van der Waals surface area contributed by atoms with Gasteiger partial charge in [0.05, 0.1) is 5.92 Å². The molecule has 1 aromatic carbocycles. The molecule has 0 radical (unpaired) electrons. The third kappa shape index (κ3) is 3.85. The molecule has 4 unspecified atom stereocenters. The van der Waals surface area contributed by atoms with Crippen molar-refractivity contribution >= 4 is 17.5 Å². The van der Waals surface area contributed by atoms with Crippen LogP contribution in [0.3, 0.4) is 0 Å². The van der Waals surface area contributed by atoms with Crippen LogP contribution in [-0.2, 0) is 9.59 Å². The third-order valence-corrected chi connectivity index (χ3v) is 5.86. The molecule has 2 saturated carbocycles. The number of nitrogens with one attached hydrogen (secondary N) is 1. The second-order valence-corrected chi connectivity index (χ2v) is 7.31. The summed E-state index contributed by atoms with van der Waals surface area (Å²) in [6.07, 6.45) is 3.34. The summed E-state index contributed by atoms with van der Waals surface area (Å²) in [7, 11) is 0. The topological polar surface area (TPSA) is 84.7 Å². The van der Waals surface area contributed by atoms with Gasteiger partial charge in [-0.15, -0.1) is 0 Å². The van der Waals surface area contributed by atoms with E-state index < -0.39 is 0 Å². The van der Waals surface area contributed by atoms with Gasteiger partial charge in [-0.1, -0.05) is 6.07 Å². The molecule has 6 heteroatoms. The van der Waals surface area contributed by atoms with E-state index in [9.17, 15) is 9.59 Å². The fourth-order valence-electron chi connectivity index (χ4n) is 4.43. The van der Waals surface area contributed by atoms with E-state index in [2.05, 4.69) is 5.32 Å². The number of benzene rings is 1. The van der Waals surface area contributed by atoms with Gasteiger partial charge in [0.1, 0.15) is 5.75 Å². The molecule has 142 valence electrons. The summed E-state index contributed by atoms with van der Waals surface area (Å²) in [5.41, 5.74) is 6.94. The van der Waals surface area contributed by atoms with Gasteiger partial charge in [-0.2, -0.15) is 0 Å². The predicted octanol–water partition coefficient (Wildman–Crippen LogP) is 2.25. The highest BCUT2D eigenvalue weighted by atomic mass is 16.5. The first-order valence-corrected chi connectivity index (χ1v) is 9.60. The Morgan fingerprint density at radius 3 is 2.62 bits per heavy atom. The van der Waals surface area contributed by atoms with Gasteiger partial charge in [0.2, 0.25) is 5.91 Å². The number of amides is 2. The van der Waals surface area contributed by atoms with Crippen LogP contribution in [0.5, 0.6) is 5.75 Å². The number of carbonyl (C=O) groups is 2. The van der Waals surface area contributed by atoms with Gasteiger partial charge in [0, 0.05) is 30.9 Å². The lowest BCUT2D eigenvalue weighted by atomic mass is 9.84. The summed E-state index contributed by atoms with van der Waals surface area (Å²) in [5.74, 6) is 1.35. The number of nitrogens with two attached hydrogens (primary N) is 1. The Labute approximate surface area is 155 Å². The molecule has 26 heavy (non-hydrogen) atoms. The van der Waals surface area contributed by atoms with Crippen LogP contribution in [0.2, 0.25) is 0 Å². The van der Waals surface area contributed by atoms with Crippen molar-refractivity contribution in [3.63, 3.8) is 0 Å². The molecule has 2 aliphatic carbocycles. The third-order valence-electron chi connectivity index (χ3n) is 5.86. The molecule has 2 bridgehead atoms. The maximum atomic E-state index is 12.7. The number of carbonyl (C=O) groups excluding carboxylic acids is 2. The van der Waals surface area contributed by atoms with Crippen LogP contribution in [0, 0.1) is 17.8 Å². The SMILES string of the molecule is CCN(CC)C(=O)COc1cccc(NC(=O)C2C3CCC(C3)C2N)c1. The van der Waals surface area contributed by atoms with Gasteiger partial charge in [0.25, 0.3) is 5.91 Å². The van der Waals surface area contributed by atoms with Crippen LogP contribution in [0.25, 0.3) is 0 Å². The van der Waals surface area contributed by atoms with Crippen molar-refractivity contribution in [3.8, 4) is 5.75 Å². The van der Waals surface area contributed by atoms with E-state index >= 15 is 0 Å². The Hall–Kier alpha value is -2.08. The monoisotopic (exact) mass is 359 g/mol. The van der Waals surface area contributed by atoms with E-state index in [1.165, 1.54) is 0 Å². The molecule has 2 amide bonds. The first kappa shape index (κ1) is 18.7. The number of hydrogen-bond acceptors (Lipinski definition) is 4. The van der Waals surface area contributed by atoms with Crippen LogP contribution in [0.4, 0.5) is 5.69 Å². The molecule has 0 saturated heterocycles. The molecule has 2 aliphatic rings. The molecule has 3 rings (SSSR count). The number of fused-ring (bicyclic) bond motifs is 2. The van der Waals surface area contributed by atoms with Crippen molar-refractivity contribution in [1.29, 1.82) is 0 Å². The van der Waals surface area contributed by atoms with E-state index in [0.717, 1.165) is 19.3 Å². The van der Waals surface area contributed by atoms with Crippen LogP contribution in [0.1, 0.15) is 33.1 Å². The van der Waals surface area contributed by atoms with E-state index in [1.54, 1.807) is 17.0 Å². The highest BCUT2D eigenvalue weighted by Gasteiger charge is 2.49. The number of likely N-dealkylation sites (N-methyl/N-ethyl adjacent to an activating group) is 1. The highest BCUT2D eigenvalue weighted by molar-refractivity contribution is 5.93. The molecule has 0 aliphatic heterocycles. The summed E-state index contributed by atoms with van der Waals surface area (Å²) in [6.45, 7) is 5.21. The zero-order valence-electron chi connectivity index (χ0n) is 15.6. The largest absolute Gasteiger partial charge is 0.484 e. The smallest absolute Gasteiger partial charge is 0.260 e. The van der Waals surface area contributed by atoms with Gasteiger partial charge >= 0.3 is 0 Å². The van der Waals surface area contributed by atoms with E-state index in [1.807, 2.05) is 26.0 Å². The lowest BCUT2D eigenvalue weighted by molar-refractivity contribution is -0.133. The van der Waals surface area contributed by atoms with Gasteiger partial charge < -0.3 is 20.7 Å². The molecular formula is C20H29N3O3. The van der Waals surface area contributed by atoms with Gasteiger partial charge in [-0.25, -0.2) is 0 Å². The first-order valence-electron chi connectivity index (χ1n) is 9.60. The molecule has 4 atom stereocenters. The maximum absolute atomic E-state index is 12.7. The highest BCUT2D eigenvalue weighted by Crippen LogP contribution is 2.47. The fraction of sp³-hybridized carbons (Fsp3) is 0.600. The van der Waals surface area contributed by atoms with Gasteiger partial charge in [-0.3, -0.25) is 9.59 Å². The Bertz CT molecular complexity index is 657. The number of nitrogens with zero attached hydrogens (tertiary/aromatic N) is 1. The Morgan fingerprint density at radius 2 is 1.96 bits per heavy atom. The van der Waals surface area contributed by atoms with E-state index in [0.29, 0.717) is 36.4 Å². The number of rotatable bonds is 7. The normalized spacial score (nSPS) is 26.6. The molecule has 6 nitrogen and oxygen atoms in total. The lowest BCUT2D eigenvalue weighted by Gasteiger charge is -2.27. The van der Waals surface area contributed by atoms with Crippen LogP contribution >= 0.6 is 0 Å². The standard InChI is InChI=1S/C20H29N3O3/c1-3-23(4-2)17(24)12-26-16-7-5-6-15(11-16)22-20(25)18-13-8-9-14(10-13)19(18)21/h5-7,11,13-14,18-19H,3-4,8-10,12,21H2,1-2H3,(H,22,25). The predicted molar refractivity (Wildman–Crippen MR) is 101 cm³/mol. The minimum absolute atomic E-state index is 0.000988. The summed E-state index contributed by atoms with van der Waals surface area (Å²) in [4.78, 5) is 26.4. The fourth-order valence-corrected chi connectivity index (χ4v) is 4.43. The van der Waals surface area contributed by atoms with Crippen LogP contribution < -0.4 is 15.8 Å². The summed E-state index contributed by atoms with van der Waals surface area (Å²) < 4.78 is 5.60. The maximum Gasteiger partial charge on any atom is 0.260 e. The number of anilines is 1. The Morgan fingerprint density at radius 1 is 1.23 bits per heavy atom. The van der Waals surface area contributed by atoms with Crippen LogP contribution in [-0.4, -0.2) is 42.5 Å². The average molecular weight is 359 g/mol. The molecule has 0 spiro atoms. The zero-order chi connectivity index (χ0) is 18.7. The molecule has 1 aromatic rings.